The predicted molar refractivity (Wildman–Crippen MR) is 104 cm³/mol. The summed E-state index contributed by atoms with van der Waals surface area (Å²) in [5.74, 6) is -2.00. The number of halogens is 5. The van der Waals surface area contributed by atoms with Gasteiger partial charge in [0.25, 0.3) is 5.91 Å². The highest BCUT2D eigenvalue weighted by atomic mass is 35.5. The van der Waals surface area contributed by atoms with Crippen molar-refractivity contribution in [1.82, 2.24) is 4.90 Å². The van der Waals surface area contributed by atoms with Gasteiger partial charge in [0, 0.05) is 16.7 Å². The Morgan fingerprint density at radius 2 is 2.10 bits per heavy atom. The van der Waals surface area contributed by atoms with Gasteiger partial charge in [-0.2, -0.15) is 8.78 Å². The number of fused-ring (bicyclic) bond motifs is 1. The molecule has 3 rings (SSSR count). The van der Waals surface area contributed by atoms with Crippen LogP contribution in [0.1, 0.15) is 30.1 Å². The molecule has 30 heavy (non-hydrogen) atoms. The van der Waals surface area contributed by atoms with Crippen molar-refractivity contribution in [3.8, 4) is 0 Å². The first-order chi connectivity index (χ1) is 13.9. The molecule has 12 heteroatoms. The van der Waals surface area contributed by atoms with Crippen LogP contribution in [0.3, 0.4) is 0 Å². The van der Waals surface area contributed by atoms with Crippen LogP contribution in [0.25, 0.3) is 0 Å². The van der Waals surface area contributed by atoms with Crippen molar-refractivity contribution < 1.29 is 37.4 Å². The SMILES string of the molecule is CC1=C(CC(=O)O)C2=C(Cl)C(O)=CCC2N1C(=O)c1csc(SC(F)(F)C(F)F)c1. The Bertz CT molecular complexity index is 1000. The van der Waals surface area contributed by atoms with E-state index < -0.39 is 36.0 Å². The number of thioether (sulfide) groups is 1. The fourth-order valence-electron chi connectivity index (χ4n) is 3.33. The van der Waals surface area contributed by atoms with Crippen LogP contribution in [0.4, 0.5) is 17.6 Å². The number of carbonyl (C=O) groups is 2. The monoisotopic (exact) mass is 483 g/mol. The van der Waals surface area contributed by atoms with Gasteiger partial charge in [0.2, 0.25) is 0 Å². The van der Waals surface area contributed by atoms with E-state index in [1.165, 1.54) is 23.3 Å². The molecular formula is C18H14ClF4NO4S2. The maximum absolute atomic E-state index is 13.3. The van der Waals surface area contributed by atoms with Gasteiger partial charge in [-0.25, -0.2) is 8.78 Å². The smallest absolute Gasteiger partial charge is 0.358 e. The zero-order chi connectivity index (χ0) is 22.4. The fourth-order valence-corrected chi connectivity index (χ4v) is 5.46. The highest BCUT2D eigenvalue weighted by molar-refractivity contribution is 8.02. The average Bonchev–Trinajstić information content (AvgIpc) is 3.20. The molecule has 0 bridgehead atoms. The molecule has 2 aliphatic rings. The van der Waals surface area contributed by atoms with Gasteiger partial charge >= 0.3 is 17.6 Å². The summed E-state index contributed by atoms with van der Waals surface area (Å²) in [5, 5.41) is 16.1. The van der Waals surface area contributed by atoms with E-state index in [-0.39, 0.29) is 44.3 Å². The van der Waals surface area contributed by atoms with Crippen molar-refractivity contribution in [3.05, 3.63) is 50.7 Å². The fraction of sp³-hybridized carbons (Fsp3) is 0.333. The highest BCUT2D eigenvalue weighted by Gasteiger charge is 2.44. The molecule has 1 amide bonds. The number of aliphatic hydroxyl groups excluding tert-OH is 1. The summed E-state index contributed by atoms with van der Waals surface area (Å²) in [6.45, 7) is 1.52. The van der Waals surface area contributed by atoms with Crippen LogP contribution < -0.4 is 0 Å². The average molecular weight is 484 g/mol. The minimum absolute atomic E-state index is 0.00209. The van der Waals surface area contributed by atoms with Crippen LogP contribution in [0.5, 0.6) is 0 Å². The quantitative estimate of drug-likeness (QED) is 0.406. The van der Waals surface area contributed by atoms with Gasteiger partial charge in [0.05, 0.1) is 27.3 Å². The van der Waals surface area contributed by atoms with Gasteiger partial charge in [0.15, 0.2) is 0 Å². The molecule has 5 nitrogen and oxygen atoms in total. The molecule has 1 aromatic heterocycles. The van der Waals surface area contributed by atoms with E-state index in [0.717, 1.165) is 17.4 Å². The predicted octanol–water partition coefficient (Wildman–Crippen LogP) is 5.61. The largest absolute Gasteiger partial charge is 0.507 e. The van der Waals surface area contributed by atoms with Crippen LogP contribution in [-0.4, -0.2) is 44.7 Å². The number of aliphatic hydroxyl groups is 1. The number of alkyl halides is 4. The van der Waals surface area contributed by atoms with Crippen molar-refractivity contribution in [3.63, 3.8) is 0 Å². The summed E-state index contributed by atoms with van der Waals surface area (Å²) in [6.07, 6.45) is -2.73. The molecule has 0 radical (unpaired) electrons. The molecule has 1 aromatic rings. The van der Waals surface area contributed by atoms with Crippen LogP contribution >= 0.6 is 34.7 Å². The summed E-state index contributed by atoms with van der Waals surface area (Å²) >= 11 is 6.57. The number of carboxylic acids is 1. The molecule has 1 aliphatic carbocycles. The number of carboxylic acid groups (broad SMARTS) is 1. The van der Waals surface area contributed by atoms with Crippen LogP contribution in [-0.2, 0) is 4.79 Å². The molecule has 0 aromatic carbocycles. The summed E-state index contributed by atoms with van der Waals surface area (Å²) in [5.41, 5.74) is 0.901. The number of hydrogen-bond donors (Lipinski definition) is 2. The number of hydrogen-bond acceptors (Lipinski definition) is 5. The minimum atomic E-state index is -4.29. The Kier molecular flexibility index (Phi) is 6.26. The third-order valence-corrected chi connectivity index (χ3v) is 7.05. The number of allylic oxidation sites excluding steroid dienone is 2. The van der Waals surface area contributed by atoms with Gasteiger partial charge in [0.1, 0.15) is 5.76 Å². The van der Waals surface area contributed by atoms with E-state index in [1.54, 1.807) is 0 Å². The number of amides is 1. The first kappa shape index (κ1) is 22.7. The molecule has 0 saturated carbocycles. The zero-order valence-electron chi connectivity index (χ0n) is 15.2. The first-order valence-electron chi connectivity index (χ1n) is 8.42. The van der Waals surface area contributed by atoms with E-state index in [2.05, 4.69) is 0 Å². The van der Waals surface area contributed by atoms with Crippen LogP contribution in [0, 0.1) is 0 Å². The van der Waals surface area contributed by atoms with Crippen molar-refractivity contribution in [1.29, 1.82) is 0 Å². The molecule has 0 saturated heterocycles. The second-order valence-corrected chi connectivity index (χ2v) is 9.23. The molecule has 2 N–H and O–H groups in total. The molecule has 1 atom stereocenters. The van der Waals surface area contributed by atoms with Gasteiger partial charge in [-0.1, -0.05) is 11.6 Å². The Labute approximate surface area is 181 Å². The first-order valence-corrected chi connectivity index (χ1v) is 10.5. The summed E-state index contributed by atoms with van der Waals surface area (Å²) in [4.78, 5) is 25.7. The zero-order valence-corrected chi connectivity index (χ0v) is 17.6. The molecule has 1 aliphatic heterocycles. The van der Waals surface area contributed by atoms with Gasteiger partial charge < -0.3 is 15.1 Å². The molecule has 162 valence electrons. The lowest BCUT2D eigenvalue weighted by atomic mass is 9.92. The van der Waals surface area contributed by atoms with E-state index >= 15 is 0 Å². The van der Waals surface area contributed by atoms with E-state index in [0.29, 0.717) is 11.3 Å². The topological polar surface area (TPSA) is 77.8 Å². The van der Waals surface area contributed by atoms with Gasteiger partial charge in [-0.3, -0.25) is 9.59 Å². The second-order valence-electron chi connectivity index (χ2n) is 6.50. The Morgan fingerprint density at radius 3 is 2.70 bits per heavy atom. The standard InChI is InChI=1S/C18H14ClF4NO4S2/c1-7-9(5-12(26)27)14-10(2-3-11(25)15(14)19)24(7)16(28)8-4-13(29-6-8)30-18(22,23)17(20)21/h3-4,6,10,17,25H,2,5H2,1H3,(H,26,27). The second kappa shape index (κ2) is 8.27. The maximum Gasteiger partial charge on any atom is 0.358 e. The molecule has 0 fully saturated rings. The molecule has 1 unspecified atom stereocenters. The van der Waals surface area contributed by atoms with Gasteiger partial charge in [-0.05, 0) is 42.8 Å². The molecule has 0 spiro atoms. The van der Waals surface area contributed by atoms with Crippen molar-refractivity contribution in [2.45, 2.75) is 41.7 Å². The Hall–Kier alpha value is -1.98. The minimum Gasteiger partial charge on any atom is -0.507 e. The molecule has 2 heterocycles. The lowest BCUT2D eigenvalue weighted by molar-refractivity contribution is -0.136. The van der Waals surface area contributed by atoms with Crippen LogP contribution in [0.2, 0.25) is 0 Å². The van der Waals surface area contributed by atoms with Crippen molar-refractivity contribution >= 4 is 46.6 Å². The normalized spacial score (nSPS) is 19.5. The van der Waals surface area contributed by atoms with Crippen molar-refractivity contribution in [2.75, 3.05) is 0 Å². The van der Waals surface area contributed by atoms with E-state index in [4.69, 9.17) is 11.6 Å². The Morgan fingerprint density at radius 1 is 1.43 bits per heavy atom. The number of rotatable bonds is 6. The number of nitrogens with zero attached hydrogens (tertiary/aromatic N) is 1. The summed E-state index contributed by atoms with van der Waals surface area (Å²) in [7, 11) is 0. The van der Waals surface area contributed by atoms with Crippen LogP contribution in [0.15, 0.2) is 49.4 Å². The summed E-state index contributed by atoms with van der Waals surface area (Å²) < 4.78 is 51.3. The lowest BCUT2D eigenvalue weighted by Crippen LogP contribution is -2.36. The number of thiophene rings is 1. The lowest BCUT2D eigenvalue weighted by Gasteiger charge is -2.28. The third-order valence-electron chi connectivity index (χ3n) is 4.62. The van der Waals surface area contributed by atoms with Crippen molar-refractivity contribution in [2.24, 2.45) is 0 Å². The van der Waals surface area contributed by atoms with E-state index in [1.807, 2.05) is 0 Å². The number of aliphatic carboxylic acids is 1. The Balaban J connectivity index is 1.95. The van der Waals surface area contributed by atoms with Gasteiger partial charge in [-0.15, -0.1) is 11.3 Å². The number of carbonyl (C=O) groups excluding carboxylic acids is 1. The summed E-state index contributed by atoms with van der Waals surface area (Å²) in [6, 6.07) is 0.422. The van der Waals surface area contributed by atoms with E-state index in [9.17, 15) is 37.4 Å². The highest BCUT2D eigenvalue weighted by Crippen LogP contribution is 2.46. The molecular weight excluding hydrogens is 470 g/mol. The maximum atomic E-state index is 13.3. The third kappa shape index (κ3) is 4.10.